The summed E-state index contributed by atoms with van der Waals surface area (Å²) in [5.74, 6) is 1.04. The summed E-state index contributed by atoms with van der Waals surface area (Å²) < 4.78 is 22.8. The molecule has 0 unspecified atom stereocenters. The lowest BCUT2D eigenvalue weighted by molar-refractivity contribution is -0.137. The Morgan fingerprint density at radius 2 is 0.776 bits per heavy atom. The summed E-state index contributed by atoms with van der Waals surface area (Å²) in [7, 11) is 0. The molecule has 0 radical (unpaired) electrons. The molecule has 5 aromatic carbocycles. The molecule has 0 aliphatic heterocycles. The van der Waals surface area contributed by atoms with Crippen molar-refractivity contribution in [2.45, 2.75) is 90.9 Å². The quantitative estimate of drug-likeness (QED) is 0.0266. The van der Waals surface area contributed by atoms with Crippen LogP contribution in [0, 0.1) is 0 Å². The minimum atomic E-state index is -0.408. The lowest BCUT2D eigenvalue weighted by atomic mass is 10.1. The number of benzene rings is 5. The molecule has 0 fully saturated rings. The minimum absolute atomic E-state index is 0.199. The van der Waals surface area contributed by atoms with Gasteiger partial charge < -0.3 is 18.9 Å². The van der Waals surface area contributed by atoms with Gasteiger partial charge in [0.25, 0.3) is 0 Å². The van der Waals surface area contributed by atoms with E-state index in [4.69, 9.17) is 18.9 Å². The molecule has 0 saturated carbocycles. The number of aryl methyl sites for hydroxylation is 2. The van der Waals surface area contributed by atoms with Crippen molar-refractivity contribution in [3.63, 3.8) is 0 Å². The van der Waals surface area contributed by atoms with Gasteiger partial charge in [-0.15, -0.1) is 0 Å². The number of azo groups is 2. The van der Waals surface area contributed by atoms with E-state index in [1.807, 2.05) is 72.8 Å². The highest BCUT2D eigenvalue weighted by Crippen LogP contribution is 2.28. The van der Waals surface area contributed by atoms with Crippen molar-refractivity contribution < 1.29 is 28.5 Å². The maximum Gasteiger partial charge on any atom is 0.311 e. The largest absolute Gasteiger partial charge is 0.494 e. The topological polar surface area (TPSA) is 121 Å². The van der Waals surface area contributed by atoms with Crippen molar-refractivity contribution in [1.29, 1.82) is 0 Å². The first-order chi connectivity index (χ1) is 28.5. The number of carbonyl (C=O) groups is 2. The average molecular weight is 783 g/mol. The van der Waals surface area contributed by atoms with E-state index in [0.717, 1.165) is 47.1 Å². The van der Waals surface area contributed by atoms with Gasteiger partial charge in [-0.1, -0.05) is 63.1 Å². The van der Waals surface area contributed by atoms with Gasteiger partial charge in [-0.25, -0.2) is 0 Å². The van der Waals surface area contributed by atoms with Gasteiger partial charge in [-0.05, 0) is 147 Å². The first kappa shape index (κ1) is 43.0. The summed E-state index contributed by atoms with van der Waals surface area (Å²) in [4.78, 5) is 25.2. The van der Waals surface area contributed by atoms with E-state index in [1.165, 1.54) is 36.8 Å². The predicted molar refractivity (Wildman–Crippen MR) is 228 cm³/mol. The summed E-state index contributed by atoms with van der Waals surface area (Å²) in [5.41, 5.74) is 5.73. The van der Waals surface area contributed by atoms with Crippen molar-refractivity contribution in [3.05, 3.63) is 132 Å². The zero-order chi connectivity index (χ0) is 40.6. The van der Waals surface area contributed by atoms with E-state index in [0.29, 0.717) is 38.9 Å². The average Bonchev–Trinajstić information content (AvgIpc) is 3.25. The number of rotatable bonds is 24. The SMILES string of the molecule is CCCCc1ccc(N=Nc2ccc(OCCCCC(=O)Oc3ccccc3OC(=O)CCCCOc3ccc(N=Nc4ccc(CCCC)cc4)cc3)cc2)cc1. The van der Waals surface area contributed by atoms with Crippen LogP contribution in [0.5, 0.6) is 23.0 Å². The highest BCUT2D eigenvalue weighted by atomic mass is 16.6. The van der Waals surface area contributed by atoms with Crippen LogP contribution in [0.15, 0.2) is 142 Å². The van der Waals surface area contributed by atoms with Crippen LogP contribution in [-0.2, 0) is 22.4 Å². The van der Waals surface area contributed by atoms with Gasteiger partial charge in [0, 0.05) is 12.8 Å². The fraction of sp³-hybridized carbons (Fsp3) is 0.333. The number of para-hydroxylation sites is 2. The molecule has 0 heterocycles. The Balaban J connectivity index is 0.928. The Hall–Kier alpha value is -6.16. The fourth-order valence-electron chi connectivity index (χ4n) is 5.76. The number of ether oxygens (including phenoxy) is 4. The second-order valence-electron chi connectivity index (χ2n) is 13.9. The van der Waals surface area contributed by atoms with E-state index in [-0.39, 0.29) is 24.3 Å². The molecule has 5 aromatic rings. The smallest absolute Gasteiger partial charge is 0.311 e. The van der Waals surface area contributed by atoms with Crippen LogP contribution in [0.4, 0.5) is 22.7 Å². The molecule has 10 heteroatoms. The third-order valence-corrected chi connectivity index (χ3v) is 9.13. The van der Waals surface area contributed by atoms with E-state index < -0.39 is 11.9 Å². The highest BCUT2D eigenvalue weighted by molar-refractivity contribution is 5.76. The molecule has 0 bridgehead atoms. The molecule has 58 heavy (non-hydrogen) atoms. The molecule has 0 N–H and O–H groups in total. The van der Waals surface area contributed by atoms with E-state index in [1.54, 1.807) is 24.3 Å². The van der Waals surface area contributed by atoms with Gasteiger partial charge in [-0.2, -0.15) is 20.5 Å². The zero-order valence-corrected chi connectivity index (χ0v) is 33.7. The fourth-order valence-corrected chi connectivity index (χ4v) is 5.76. The first-order valence-electron chi connectivity index (χ1n) is 20.4. The number of nitrogens with zero attached hydrogens (tertiary/aromatic N) is 4. The number of carbonyl (C=O) groups excluding carboxylic acids is 2. The van der Waals surface area contributed by atoms with Gasteiger partial charge in [0.15, 0.2) is 11.5 Å². The van der Waals surface area contributed by atoms with Crippen LogP contribution in [0.1, 0.15) is 89.2 Å². The lowest BCUT2D eigenvalue weighted by Gasteiger charge is -2.11. The molecule has 0 saturated heterocycles. The van der Waals surface area contributed by atoms with Crippen LogP contribution in [0.3, 0.4) is 0 Å². The molecular weight excluding hydrogens is 729 g/mol. The van der Waals surface area contributed by atoms with Crippen LogP contribution in [0.2, 0.25) is 0 Å². The third-order valence-electron chi connectivity index (χ3n) is 9.13. The van der Waals surface area contributed by atoms with E-state index in [9.17, 15) is 9.59 Å². The molecule has 0 atom stereocenters. The van der Waals surface area contributed by atoms with Crippen molar-refractivity contribution in [3.8, 4) is 23.0 Å². The lowest BCUT2D eigenvalue weighted by Crippen LogP contribution is -2.12. The molecule has 0 aromatic heterocycles. The summed E-state index contributed by atoms with van der Waals surface area (Å²) in [6, 6.07) is 37.9. The molecule has 0 spiro atoms. The predicted octanol–water partition coefficient (Wildman–Crippen LogP) is 13.5. The molecular formula is C48H54N4O6. The molecule has 10 nitrogen and oxygen atoms in total. The van der Waals surface area contributed by atoms with Crippen LogP contribution in [-0.4, -0.2) is 25.2 Å². The molecule has 0 aliphatic carbocycles. The van der Waals surface area contributed by atoms with Gasteiger partial charge in [0.05, 0.1) is 36.0 Å². The van der Waals surface area contributed by atoms with E-state index in [2.05, 4.69) is 58.6 Å². The van der Waals surface area contributed by atoms with Gasteiger partial charge in [0.2, 0.25) is 0 Å². The van der Waals surface area contributed by atoms with E-state index >= 15 is 0 Å². The monoisotopic (exact) mass is 782 g/mol. The van der Waals surface area contributed by atoms with Crippen LogP contribution >= 0.6 is 0 Å². The summed E-state index contributed by atoms with van der Waals surface area (Å²) in [5, 5.41) is 17.3. The maximum atomic E-state index is 12.6. The molecule has 5 rings (SSSR count). The normalized spacial score (nSPS) is 11.2. The number of unbranched alkanes of at least 4 members (excludes halogenated alkanes) is 4. The maximum absolute atomic E-state index is 12.6. The summed E-state index contributed by atoms with van der Waals surface area (Å²) in [6.07, 6.45) is 9.76. The minimum Gasteiger partial charge on any atom is -0.494 e. The Morgan fingerprint density at radius 3 is 1.12 bits per heavy atom. The molecule has 0 aliphatic rings. The van der Waals surface area contributed by atoms with Crippen LogP contribution < -0.4 is 18.9 Å². The highest BCUT2D eigenvalue weighted by Gasteiger charge is 2.13. The van der Waals surface area contributed by atoms with Gasteiger partial charge in [0.1, 0.15) is 11.5 Å². The second kappa shape index (κ2) is 24.5. The summed E-state index contributed by atoms with van der Waals surface area (Å²) in [6.45, 7) is 5.28. The number of esters is 2. The Morgan fingerprint density at radius 1 is 0.431 bits per heavy atom. The molecule has 0 amide bonds. The van der Waals surface area contributed by atoms with Crippen LogP contribution in [0.25, 0.3) is 0 Å². The molecule has 302 valence electrons. The van der Waals surface area contributed by atoms with Gasteiger partial charge >= 0.3 is 11.9 Å². The van der Waals surface area contributed by atoms with Crippen molar-refractivity contribution in [2.24, 2.45) is 20.5 Å². The second-order valence-corrected chi connectivity index (χ2v) is 13.9. The standard InChI is InChI=1S/C48H54N4O6/c1-3-5-13-37-19-23-39(24-20-37)49-51-41-27-31-43(32-28-41)55-35-11-9-17-47(53)57-45-15-7-8-16-46(45)58-48(54)18-10-12-36-56-44-33-29-42(30-34-44)52-50-40-25-21-38(22-26-40)14-6-4-2/h7-8,15-16,19-34H,3-6,9-14,17-18,35-36H2,1-2H3. The Kier molecular flexibility index (Phi) is 18.1. The Bertz CT molecular complexity index is 1880. The first-order valence-corrected chi connectivity index (χ1v) is 20.4. The van der Waals surface area contributed by atoms with Gasteiger partial charge in [-0.3, -0.25) is 9.59 Å². The third kappa shape index (κ3) is 15.8. The van der Waals surface area contributed by atoms with Crippen molar-refractivity contribution >= 4 is 34.7 Å². The zero-order valence-electron chi connectivity index (χ0n) is 33.7. The number of hydrogen-bond donors (Lipinski definition) is 0. The van der Waals surface area contributed by atoms with Crippen molar-refractivity contribution in [2.75, 3.05) is 13.2 Å². The number of hydrogen-bond acceptors (Lipinski definition) is 10. The summed E-state index contributed by atoms with van der Waals surface area (Å²) >= 11 is 0. The Labute approximate surface area is 342 Å². The van der Waals surface area contributed by atoms with Crippen molar-refractivity contribution in [1.82, 2.24) is 0 Å².